The van der Waals surface area contributed by atoms with Crippen LogP contribution >= 0.6 is 0 Å². The lowest BCUT2D eigenvalue weighted by Crippen LogP contribution is -2.45. The van der Waals surface area contributed by atoms with Crippen molar-refractivity contribution in [1.29, 1.82) is 0 Å². The van der Waals surface area contributed by atoms with Crippen molar-refractivity contribution < 1.29 is 14.4 Å². The SMILES string of the molecule is NC1=CCC=C(NC(=O)CNC(=O)C2CCCN2C=O)C=C1. The maximum absolute atomic E-state index is 12.0. The number of nitrogens with one attached hydrogen (secondary N) is 2. The minimum Gasteiger partial charge on any atom is -0.399 e. The second-order valence-corrected chi connectivity index (χ2v) is 5.20. The monoisotopic (exact) mass is 304 g/mol. The molecule has 0 aromatic rings. The molecule has 1 aliphatic carbocycles. The number of allylic oxidation sites excluding steroid dienone is 4. The van der Waals surface area contributed by atoms with Crippen molar-refractivity contribution in [1.82, 2.24) is 15.5 Å². The van der Waals surface area contributed by atoms with Gasteiger partial charge in [-0.1, -0.05) is 12.2 Å². The van der Waals surface area contributed by atoms with Gasteiger partial charge in [0.25, 0.3) is 0 Å². The summed E-state index contributed by atoms with van der Waals surface area (Å²) in [4.78, 5) is 36.1. The third-order valence-corrected chi connectivity index (χ3v) is 3.59. The van der Waals surface area contributed by atoms with Crippen LogP contribution in [-0.4, -0.2) is 42.3 Å². The number of rotatable bonds is 5. The molecule has 7 heteroatoms. The minimum absolute atomic E-state index is 0.129. The molecule has 2 rings (SSSR count). The van der Waals surface area contributed by atoms with Crippen LogP contribution in [0.15, 0.2) is 35.7 Å². The van der Waals surface area contributed by atoms with Crippen LogP contribution in [0.2, 0.25) is 0 Å². The second-order valence-electron chi connectivity index (χ2n) is 5.20. The predicted molar refractivity (Wildman–Crippen MR) is 81.1 cm³/mol. The van der Waals surface area contributed by atoms with Crippen LogP contribution in [0.4, 0.5) is 0 Å². The predicted octanol–water partition coefficient (Wildman–Crippen LogP) is -0.474. The molecule has 1 saturated heterocycles. The largest absolute Gasteiger partial charge is 0.399 e. The lowest BCUT2D eigenvalue weighted by atomic mass is 10.2. The van der Waals surface area contributed by atoms with Gasteiger partial charge < -0.3 is 21.3 Å². The van der Waals surface area contributed by atoms with E-state index in [0.29, 0.717) is 37.2 Å². The van der Waals surface area contributed by atoms with Gasteiger partial charge >= 0.3 is 0 Å². The first-order chi connectivity index (χ1) is 10.6. The highest BCUT2D eigenvalue weighted by atomic mass is 16.2. The molecule has 4 N–H and O–H groups in total. The quantitative estimate of drug-likeness (QED) is 0.597. The van der Waals surface area contributed by atoms with Gasteiger partial charge in [0.15, 0.2) is 0 Å². The van der Waals surface area contributed by atoms with Crippen molar-refractivity contribution in [2.24, 2.45) is 5.73 Å². The maximum atomic E-state index is 12.0. The number of nitrogens with two attached hydrogens (primary N) is 1. The van der Waals surface area contributed by atoms with E-state index in [2.05, 4.69) is 10.6 Å². The molecule has 0 aromatic heterocycles. The molecule has 1 fully saturated rings. The Hall–Kier alpha value is -2.57. The Labute approximate surface area is 128 Å². The first-order valence-corrected chi connectivity index (χ1v) is 7.22. The fraction of sp³-hybridized carbons (Fsp3) is 0.400. The van der Waals surface area contributed by atoms with Gasteiger partial charge in [0.05, 0.1) is 6.54 Å². The maximum Gasteiger partial charge on any atom is 0.243 e. The first-order valence-electron chi connectivity index (χ1n) is 7.22. The summed E-state index contributed by atoms with van der Waals surface area (Å²) in [7, 11) is 0. The second kappa shape index (κ2) is 7.44. The zero-order valence-electron chi connectivity index (χ0n) is 12.2. The molecule has 1 unspecified atom stereocenters. The summed E-state index contributed by atoms with van der Waals surface area (Å²) in [5, 5.41) is 5.26. The highest BCUT2D eigenvalue weighted by molar-refractivity contribution is 5.89. The third-order valence-electron chi connectivity index (χ3n) is 3.59. The van der Waals surface area contributed by atoms with Crippen molar-refractivity contribution >= 4 is 18.2 Å². The van der Waals surface area contributed by atoms with E-state index in [-0.39, 0.29) is 18.4 Å². The molecule has 3 amide bonds. The number of amides is 3. The van der Waals surface area contributed by atoms with Crippen LogP contribution in [0.25, 0.3) is 0 Å². The summed E-state index contributed by atoms with van der Waals surface area (Å²) >= 11 is 0. The average Bonchev–Trinajstić information content (AvgIpc) is 2.89. The van der Waals surface area contributed by atoms with E-state index in [1.807, 2.05) is 12.2 Å². The summed E-state index contributed by atoms with van der Waals surface area (Å²) in [5.41, 5.74) is 6.95. The zero-order valence-corrected chi connectivity index (χ0v) is 12.2. The fourth-order valence-corrected chi connectivity index (χ4v) is 2.42. The molecule has 0 saturated carbocycles. The molecule has 0 radical (unpaired) electrons. The van der Waals surface area contributed by atoms with Gasteiger partial charge in [-0.15, -0.1) is 0 Å². The van der Waals surface area contributed by atoms with E-state index < -0.39 is 6.04 Å². The van der Waals surface area contributed by atoms with Crippen LogP contribution in [0, 0.1) is 0 Å². The normalized spacial score (nSPS) is 20.7. The van der Waals surface area contributed by atoms with Crippen molar-refractivity contribution in [3.8, 4) is 0 Å². The zero-order chi connectivity index (χ0) is 15.9. The first kappa shape index (κ1) is 15.8. The fourth-order valence-electron chi connectivity index (χ4n) is 2.42. The van der Waals surface area contributed by atoms with Crippen LogP contribution < -0.4 is 16.4 Å². The van der Waals surface area contributed by atoms with E-state index in [0.717, 1.165) is 6.42 Å². The standard InChI is InChI=1S/C15H20N4O3/c16-11-3-1-4-12(7-6-11)18-14(21)9-17-15(22)13-5-2-8-19(13)10-20/h3-4,6-7,10,13H,1-2,5,8-9,16H2,(H,17,22)(H,18,21). The highest BCUT2D eigenvalue weighted by Crippen LogP contribution is 2.14. The summed E-state index contributed by atoms with van der Waals surface area (Å²) in [6.07, 6.45) is 9.84. The smallest absolute Gasteiger partial charge is 0.243 e. The van der Waals surface area contributed by atoms with Gasteiger partial charge in [-0.2, -0.15) is 0 Å². The van der Waals surface area contributed by atoms with Crippen molar-refractivity contribution in [3.05, 3.63) is 35.7 Å². The summed E-state index contributed by atoms with van der Waals surface area (Å²) in [5.74, 6) is -0.614. The molecule has 0 spiro atoms. The van der Waals surface area contributed by atoms with Gasteiger partial charge in [-0.25, -0.2) is 0 Å². The van der Waals surface area contributed by atoms with Crippen LogP contribution in [-0.2, 0) is 14.4 Å². The number of nitrogens with zero attached hydrogens (tertiary/aromatic N) is 1. The van der Waals surface area contributed by atoms with E-state index in [1.54, 1.807) is 12.2 Å². The Bertz CT molecular complexity index is 551. The van der Waals surface area contributed by atoms with Crippen LogP contribution in [0.5, 0.6) is 0 Å². The van der Waals surface area contributed by atoms with Gasteiger partial charge in [0.2, 0.25) is 18.2 Å². The van der Waals surface area contributed by atoms with Crippen LogP contribution in [0.1, 0.15) is 19.3 Å². The molecule has 1 atom stereocenters. The van der Waals surface area contributed by atoms with Gasteiger partial charge in [-0.05, 0) is 31.4 Å². The lowest BCUT2D eigenvalue weighted by molar-refractivity contribution is -0.132. The molecule has 0 bridgehead atoms. The van der Waals surface area contributed by atoms with Crippen molar-refractivity contribution in [3.63, 3.8) is 0 Å². The molecule has 2 aliphatic rings. The molecule has 1 heterocycles. The number of carbonyl (C=O) groups is 3. The molecule has 7 nitrogen and oxygen atoms in total. The van der Waals surface area contributed by atoms with E-state index in [1.165, 1.54) is 4.90 Å². The Kier molecular flexibility index (Phi) is 5.35. The summed E-state index contributed by atoms with van der Waals surface area (Å²) in [6.45, 7) is 0.454. The van der Waals surface area contributed by atoms with Crippen molar-refractivity contribution in [2.75, 3.05) is 13.1 Å². The van der Waals surface area contributed by atoms with Gasteiger partial charge in [0.1, 0.15) is 6.04 Å². The highest BCUT2D eigenvalue weighted by Gasteiger charge is 2.29. The molecule has 0 aromatic carbocycles. The molecular formula is C15H20N4O3. The Morgan fingerprint density at radius 1 is 1.36 bits per heavy atom. The van der Waals surface area contributed by atoms with Gasteiger partial charge in [-0.3, -0.25) is 14.4 Å². The summed E-state index contributed by atoms with van der Waals surface area (Å²) < 4.78 is 0. The van der Waals surface area contributed by atoms with E-state index >= 15 is 0 Å². The molecule has 1 aliphatic heterocycles. The lowest BCUT2D eigenvalue weighted by Gasteiger charge is -2.18. The number of hydrogen-bond acceptors (Lipinski definition) is 4. The van der Waals surface area contributed by atoms with Crippen molar-refractivity contribution in [2.45, 2.75) is 25.3 Å². The third kappa shape index (κ3) is 4.21. The average molecular weight is 304 g/mol. The number of hydrogen-bond donors (Lipinski definition) is 3. The van der Waals surface area contributed by atoms with E-state index in [4.69, 9.17) is 5.73 Å². The Morgan fingerprint density at radius 3 is 2.95 bits per heavy atom. The summed E-state index contributed by atoms with van der Waals surface area (Å²) in [6, 6.07) is -0.466. The van der Waals surface area contributed by atoms with E-state index in [9.17, 15) is 14.4 Å². The number of likely N-dealkylation sites (tertiary alicyclic amines) is 1. The van der Waals surface area contributed by atoms with Gasteiger partial charge in [0, 0.05) is 17.9 Å². The topological polar surface area (TPSA) is 105 Å². The molecule has 22 heavy (non-hydrogen) atoms. The Morgan fingerprint density at radius 2 is 2.18 bits per heavy atom. The molecular weight excluding hydrogens is 284 g/mol. The Balaban J connectivity index is 1.78. The molecule has 118 valence electrons. The minimum atomic E-state index is -0.466. The number of carbonyl (C=O) groups excluding carboxylic acids is 3. The van der Waals surface area contributed by atoms with Crippen LogP contribution in [0.3, 0.4) is 0 Å².